The van der Waals surface area contributed by atoms with Gasteiger partial charge in [0.15, 0.2) is 0 Å². The summed E-state index contributed by atoms with van der Waals surface area (Å²) in [6.45, 7) is 0. The lowest BCUT2D eigenvalue weighted by Crippen LogP contribution is -2.57. The Labute approximate surface area is 332 Å². The third-order valence-electron chi connectivity index (χ3n) is 19.2. The predicted molar refractivity (Wildman–Crippen MR) is 227 cm³/mol. The summed E-state index contributed by atoms with van der Waals surface area (Å²) in [4.78, 5) is 6.56. The predicted octanol–water partition coefficient (Wildman–Crippen LogP) is 13.6. The highest BCUT2D eigenvalue weighted by Crippen LogP contribution is 2.58. The monoisotopic (exact) mass is 733 g/mol. The van der Waals surface area contributed by atoms with Gasteiger partial charge in [-0.3, -0.25) is 4.90 Å². The molecule has 8 atom stereocenters. The highest BCUT2D eigenvalue weighted by atomic mass is 15.3. The first-order valence-corrected chi connectivity index (χ1v) is 25.0. The first-order valence-electron chi connectivity index (χ1n) is 25.0. The fourth-order valence-electron chi connectivity index (χ4n) is 16.5. The molecule has 10 rings (SSSR count). The fourth-order valence-corrected chi connectivity index (χ4v) is 16.5. The minimum Gasteiger partial charge on any atom is -0.368 e. The molecule has 10 aliphatic rings. The van der Waals surface area contributed by atoms with Crippen LogP contribution in [0.15, 0.2) is 48.2 Å². The van der Waals surface area contributed by atoms with Gasteiger partial charge in [0.25, 0.3) is 0 Å². The Hall–Kier alpha value is -1.28. The van der Waals surface area contributed by atoms with Crippen LogP contribution in [0.2, 0.25) is 0 Å². The van der Waals surface area contributed by atoms with E-state index in [0.717, 1.165) is 89.4 Å². The molecule has 2 nitrogen and oxygen atoms in total. The van der Waals surface area contributed by atoms with Crippen LogP contribution < -0.4 is 0 Å². The Morgan fingerprint density at radius 3 is 1.80 bits per heavy atom. The van der Waals surface area contributed by atoms with Crippen molar-refractivity contribution in [1.29, 1.82) is 0 Å². The lowest BCUT2D eigenvalue weighted by atomic mass is 9.61. The Kier molecular flexibility index (Phi) is 11.6. The molecule has 0 bridgehead atoms. The van der Waals surface area contributed by atoms with Crippen LogP contribution in [-0.2, 0) is 0 Å². The standard InChI is InChI=1S/C52H80N2/c1-4-12-37(13-5-1)39-20-22-40(23-21-39)42-26-32-46(33-27-42)53(45-30-24-41(25-31-45)38-14-6-2-7-15-38)47-34-28-43-29-35-49-48-18-10-11-19-51(48)54(52(49)50(43)36-47)44-16-8-3-9-17-44/h2-3,6-8,14,19,37-50,52H,1,4-5,9-13,15-18,20-36H2/t38?,39?,40?,41?,42?,43-,44?,45?,46?,47-,48+,49?,50-,52?/m1/s1. The Morgan fingerprint density at radius 2 is 1.11 bits per heavy atom. The molecule has 298 valence electrons. The van der Waals surface area contributed by atoms with Crippen LogP contribution >= 0.6 is 0 Å². The number of rotatable bonds is 7. The van der Waals surface area contributed by atoms with Crippen molar-refractivity contribution in [2.24, 2.45) is 59.2 Å². The maximum Gasteiger partial charge on any atom is 0.0356 e. The lowest BCUT2D eigenvalue weighted by molar-refractivity contribution is -0.0459. The van der Waals surface area contributed by atoms with Crippen LogP contribution in [0, 0.1) is 59.2 Å². The average molecular weight is 733 g/mol. The molecule has 1 aliphatic heterocycles. The van der Waals surface area contributed by atoms with Crippen molar-refractivity contribution in [2.45, 2.75) is 216 Å². The number of fused-ring (bicyclic) bond motifs is 5. The minimum atomic E-state index is 0.777. The zero-order valence-corrected chi connectivity index (χ0v) is 34.6. The second-order valence-corrected chi connectivity index (χ2v) is 21.5. The minimum absolute atomic E-state index is 0.777. The topological polar surface area (TPSA) is 6.48 Å². The lowest BCUT2D eigenvalue weighted by Gasteiger charge is -2.55. The van der Waals surface area contributed by atoms with Crippen LogP contribution in [-0.4, -0.2) is 40.0 Å². The van der Waals surface area contributed by atoms with E-state index in [1.165, 1.54) is 128 Å². The summed E-state index contributed by atoms with van der Waals surface area (Å²) in [6, 6.07) is 4.19. The van der Waals surface area contributed by atoms with Crippen molar-refractivity contribution in [2.75, 3.05) is 0 Å². The molecule has 1 heterocycles. The molecule has 4 unspecified atom stereocenters. The molecule has 0 aromatic rings. The van der Waals surface area contributed by atoms with Gasteiger partial charge in [-0.1, -0.05) is 74.6 Å². The van der Waals surface area contributed by atoms with Crippen molar-refractivity contribution in [3.05, 3.63) is 48.2 Å². The van der Waals surface area contributed by atoms with E-state index in [0.29, 0.717) is 0 Å². The molecule has 0 amide bonds. The van der Waals surface area contributed by atoms with Crippen LogP contribution in [0.25, 0.3) is 0 Å². The van der Waals surface area contributed by atoms with Gasteiger partial charge < -0.3 is 4.90 Å². The van der Waals surface area contributed by atoms with Crippen LogP contribution in [0.4, 0.5) is 0 Å². The van der Waals surface area contributed by atoms with Gasteiger partial charge >= 0.3 is 0 Å². The van der Waals surface area contributed by atoms with Crippen molar-refractivity contribution >= 4 is 0 Å². The van der Waals surface area contributed by atoms with E-state index < -0.39 is 0 Å². The van der Waals surface area contributed by atoms with E-state index >= 15 is 0 Å². The van der Waals surface area contributed by atoms with Crippen molar-refractivity contribution in [3.8, 4) is 0 Å². The molecule has 7 fully saturated rings. The van der Waals surface area contributed by atoms with E-state index in [1.54, 1.807) is 57.8 Å². The summed E-state index contributed by atoms with van der Waals surface area (Å²) < 4.78 is 0. The largest absolute Gasteiger partial charge is 0.368 e. The third-order valence-corrected chi connectivity index (χ3v) is 19.2. The third kappa shape index (κ3) is 7.45. The number of hydrogen-bond acceptors (Lipinski definition) is 2. The van der Waals surface area contributed by atoms with Gasteiger partial charge in [-0.05, 0) is 207 Å². The second-order valence-electron chi connectivity index (χ2n) is 21.5. The number of nitrogens with zero attached hydrogens (tertiary/aromatic N) is 2. The molecule has 9 aliphatic carbocycles. The molecule has 0 aromatic carbocycles. The van der Waals surface area contributed by atoms with Gasteiger partial charge in [0.2, 0.25) is 0 Å². The van der Waals surface area contributed by atoms with Gasteiger partial charge in [0.05, 0.1) is 0 Å². The van der Waals surface area contributed by atoms with Gasteiger partial charge in [0, 0.05) is 41.8 Å². The van der Waals surface area contributed by atoms with Gasteiger partial charge in [-0.25, -0.2) is 0 Å². The number of hydrogen-bond donors (Lipinski definition) is 0. The van der Waals surface area contributed by atoms with Crippen molar-refractivity contribution in [3.63, 3.8) is 0 Å². The average Bonchev–Trinajstić information content (AvgIpc) is 3.60. The molecular weight excluding hydrogens is 653 g/mol. The summed E-state index contributed by atoms with van der Waals surface area (Å²) in [5.74, 6) is 9.78. The molecule has 0 spiro atoms. The zero-order chi connectivity index (χ0) is 35.8. The first kappa shape index (κ1) is 37.0. The first-order chi connectivity index (χ1) is 26.8. The van der Waals surface area contributed by atoms with Gasteiger partial charge in [-0.2, -0.15) is 0 Å². The summed E-state index contributed by atoms with van der Waals surface area (Å²) in [5.41, 5.74) is 1.85. The van der Waals surface area contributed by atoms with Crippen LogP contribution in [0.1, 0.15) is 186 Å². The molecule has 0 N–H and O–H groups in total. The summed E-state index contributed by atoms with van der Waals surface area (Å²) in [6.07, 6.45) is 60.8. The number of likely N-dealkylation sites (tertiary alicyclic amines) is 1. The van der Waals surface area contributed by atoms with E-state index in [4.69, 9.17) is 0 Å². The quantitative estimate of drug-likeness (QED) is 0.241. The molecule has 0 radical (unpaired) electrons. The SMILES string of the molecule is C1=CCC(C2CCC(N(C3CCC(C4CCC(C5CCCCC5)CC4)CC3)[C@@H]3CC[C@@H]4CCC5C([C@@H]4C3)N(C3CC=CCC3)C3=CCCC[C@H]35)CC2)C=C1. The maximum absolute atomic E-state index is 3.37. The fraction of sp³-hybridized carbons (Fsp3) is 0.846. The zero-order valence-electron chi connectivity index (χ0n) is 34.6. The van der Waals surface area contributed by atoms with Crippen molar-refractivity contribution in [1.82, 2.24) is 9.80 Å². The van der Waals surface area contributed by atoms with Gasteiger partial charge in [-0.15, -0.1) is 0 Å². The molecule has 54 heavy (non-hydrogen) atoms. The Morgan fingerprint density at radius 1 is 0.463 bits per heavy atom. The van der Waals surface area contributed by atoms with E-state index in [9.17, 15) is 0 Å². The van der Waals surface area contributed by atoms with E-state index in [2.05, 4.69) is 52.3 Å². The Bertz CT molecular complexity index is 1340. The highest BCUT2D eigenvalue weighted by Gasteiger charge is 2.56. The summed E-state index contributed by atoms with van der Waals surface area (Å²) in [5, 5.41) is 0. The van der Waals surface area contributed by atoms with Crippen LogP contribution in [0.3, 0.4) is 0 Å². The normalized spacial score (nSPS) is 45.8. The Balaban J connectivity index is 0.853. The smallest absolute Gasteiger partial charge is 0.0356 e. The summed E-state index contributed by atoms with van der Waals surface area (Å²) >= 11 is 0. The van der Waals surface area contributed by atoms with E-state index in [-0.39, 0.29) is 0 Å². The highest BCUT2D eigenvalue weighted by molar-refractivity contribution is 5.24. The molecule has 6 saturated carbocycles. The second kappa shape index (κ2) is 16.9. The maximum atomic E-state index is 3.37. The number of allylic oxidation sites excluding steroid dienone is 7. The molecule has 0 aromatic heterocycles. The summed E-state index contributed by atoms with van der Waals surface area (Å²) in [7, 11) is 0. The molecular formula is C52H80N2. The van der Waals surface area contributed by atoms with Crippen LogP contribution in [0.5, 0.6) is 0 Å². The van der Waals surface area contributed by atoms with Crippen molar-refractivity contribution < 1.29 is 0 Å². The van der Waals surface area contributed by atoms with Gasteiger partial charge in [0.1, 0.15) is 0 Å². The molecule has 1 saturated heterocycles. The molecule has 2 heteroatoms. The van der Waals surface area contributed by atoms with E-state index in [1.807, 2.05) is 5.70 Å².